The maximum absolute atomic E-state index is 12.7. The molecule has 0 fully saturated rings. The van der Waals surface area contributed by atoms with Crippen LogP contribution in [0.2, 0.25) is 0 Å². The van der Waals surface area contributed by atoms with E-state index in [0.717, 1.165) is 57.8 Å². The molecule has 0 aliphatic rings. The number of hydrogen-bond acceptors (Lipinski definition) is 7. The van der Waals surface area contributed by atoms with Crippen LogP contribution in [0.1, 0.15) is 149 Å². The summed E-state index contributed by atoms with van der Waals surface area (Å²) in [5, 5.41) is 23.9. The highest BCUT2D eigenvalue weighted by Gasteiger charge is 2.27. The number of nitrogens with two attached hydrogens (primary N) is 1. The Kier molecular flexibility index (Phi) is 32.8. The standard InChI is InChI=1S/C38H71N2O7P/c1-3-5-7-9-11-13-15-16-17-18-20-21-23-25-27-29-35(41)33-38(43)40-36(34-47-48(44,45)46-32-31-39)37(42)30-28-26-24-22-19-14-12-10-8-6-4-2/h11,13,16-17,19,22,28,30,35-37,41-42H,3-10,12,14-15,18,20-21,23-27,29,31-34,39H2,1-2H3,(H,40,43)(H,44,45)/b13-11-,17-16-,22-19+,30-28+. The zero-order valence-electron chi connectivity index (χ0n) is 30.3. The Morgan fingerprint density at radius 2 is 1.25 bits per heavy atom. The zero-order valence-corrected chi connectivity index (χ0v) is 31.2. The first-order chi connectivity index (χ1) is 23.3. The summed E-state index contributed by atoms with van der Waals surface area (Å²) in [6.07, 6.45) is 36.3. The van der Waals surface area contributed by atoms with Crippen LogP contribution >= 0.6 is 7.82 Å². The van der Waals surface area contributed by atoms with Crippen LogP contribution in [0, 0.1) is 0 Å². The number of amides is 1. The largest absolute Gasteiger partial charge is 0.472 e. The van der Waals surface area contributed by atoms with Crippen LogP contribution in [-0.2, 0) is 18.4 Å². The molecule has 9 nitrogen and oxygen atoms in total. The molecule has 10 heteroatoms. The first kappa shape index (κ1) is 46.4. The Hall–Kier alpha value is -1.58. The number of allylic oxidation sites excluding steroid dienone is 7. The highest BCUT2D eigenvalue weighted by Crippen LogP contribution is 2.43. The lowest BCUT2D eigenvalue weighted by Crippen LogP contribution is -2.46. The van der Waals surface area contributed by atoms with Crippen LogP contribution in [0.25, 0.3) is 0 Å². The fourth-order valence-electron chi connectivity index (χ4n) is 5.04. The SMILES string of the molecule is CCCCC/C=C\C/C=C\CCCCCCCC(O)CC(=O)NC(COP(=O)(O)OCCN)C(O)/C=C/CC/C=C/CCCCCCC. The topological polar surface area (TPSA) is 151 Å². The summed E-state index contributed by atoms with van der Waals surface area (Å²) in [4.78, 5) is 22.6. The predicted molar refractivity (Wildman–Crippen MR) is 200 cm³/mol. The fourth-order valence-corrected chi connectivity index (χ4v) is 5.80. The van der Waals surface area contributed by atoms with E-state index < -0.39 is 38.6 Å². The number of hydrogen-bond donors (Lipinski definition) is 5. The normalized spacial score (nSPS) is 15.5. The lowest BCUT2D eigenvalue weighted by Gasteiger charge is -2.24. The van der Waals surface area contributed by atoms with Crippen molar-refractivity contribution in [2.75, 3.05) is 19.8 Å². The van der Waals surface area contributed by atoms with E-state index in [-0.39, 0.29) is 19.6 Å². The van der Waals surface area contributed by atoms with E-state index in [2.05, 4.69) is 55.6 Å². The van der Waals surface area contributed by atoms with Crippen LogP contribution < -0.4 is 11.1 Å². The molecule has 6 N–H and O–H groups in total. The highest BCUT2D eigenvalue weighted by atomic mass is 31.2. The molecule has 0 heterocycles. The van der Waals surface area contributed by atoms with Gasteiger partial charge in [0.1, 0.15) is 0 Å². The number of rotatable bonds is 34. The van der Waals surface area contributed by atoms with Gasteiger partial charge in [0.15, 0.2) is 0 Å². The van der Waals surface area contributed by atoms with E-state index in [9.17, 15) is 24.5 Å². The summed E-state index contributed by atoms with van der Waals surface area (Å²) in [7, 11) is -4.40. The monoisotopic (exact) mass is 698 g/mol. The molecule has 1 amide bonds. The van der Waals surface area contributed by atoms with E-state index in [1.54, 1.807) is 6.08 Å². The predicted octanol–water partition coefficient (Wildman–Crippen LogP) is 8.74. The number of unbranched alkanes of at least 4 members (excludes halogenated alkanes) is 14. The molecule has 0 aliphatic heterocycles. The number of carbonyl (C=O) groups excluding carboxylic acids is 1. The van der Waals surface area contributed by atoms with E-state index in [0.29, 0.717) is 12.8 Å². The van der Waals surface area contributed by atoms with Crippen LogP contribution in [-0.4, -0.2) is 59.0 Å². The van der Waals surface area contributed by atoms with Crippen molar-refractivity contribution in [3.05, 3.63) is 48.6 Å². The van der Waals surface area contributed by atoms with Crippen LogP contribution in [0.3, 0.4) is 0 Å². The molecule has 0 saturated heterocycles. The quantitative estimate of drug-likeness (QED) is 0.0254. The number of aliphatic hydroxyl groups is 2. The molecule has 0 radical (unpaired) electrons. The van der Waals surface area contributed by atoms with Gasteiger partial charge in [-0.05, 0) is 64.2 Å². The number of nitrogens with one attached hydrogen (secondary N) is 1. The molecule has 280 valence electrons. The van der Waals surface area contributed by atoms with Gasteiger partial charge in [0.25, 0.3) is 0 Å². The van der Waals surface area contributed by atoms with E-state index >= 15 is 0 Å². The van der Waals surface area contributed by atoms with E-state index in [1.165, 1.54) is 57.8 Å². The Morgan fingerprint density at radius 3 is 1.90 bits per heavy atom. The Labute approximate surface area is 293 Å². The molecule has 48 heavy (non-hydrogen) atoms. The number of phosphoric ester groups is 1. The van der Waals surface area contributed by atoms with Gasteiger partial charge >= 0.3 is 7.82 Å². The van der Waals surface area contributed by atoms with Crippen molar-refractivity contribution in [1.29, 1.82) is 0 Å². The van der Waals surface area contributed by atoms with Gasteiger partial charge in [0.2, 0.25) is 5.91 Å². The number of aliphatic hydroxyl groups excluding tert-OH is 2. The molecule has 0 spiro atoms. The molecule has 0 aromatic heterocycles. The molecule has 4 atom stereocenters. The average Bonchev–Trinajstić information content (AvgIpc) is 3.06. The van der Waals surface area contributed by atoms with Crippen LogP contribution in [0.15, 0.2) is 48.6 Å². The molecule has 0 rings (SSSR count). The van der Waals surface area contributed by atoms with E-state index in [4.69, 9.17) is 14.8 Å². The summed E-state index contributed by atoms with van der Waals surface area (Å²) in [5.41, 5.74) is 5.33. The van der Waals surface area contributed by atoms with Crippen LogP contribution in [0.4, 0.5) is 0 Å². The van der Waals surface area contributed by atoms with Gasteiger partial charge in [0, 0.05) is 6.54 Å². The third-order valence-corrected chi connectivity index (χ3v) is 8.92. The second-order valence-electron chi connectivity index (χ2n) is 12.6. The number of carbonyl (C=O) groups is 1. The summed E-state index contributed by atoms with van der Waals surface area (Å²) in [5.74, 6) is -0.469. The molecule has 0 saturated carbocycles. The summed E-state index contributed by atoms with van der Waals surface area (Å²) >= 11 is 0. The molecule has 0 aromatic carbocycles. The molecule has 0 bridgehead atoms. The van der Waals surface area contributed by atoms with Crippen molar-refractivity contribution in [3.8, 4) is 0 Å². The smallest absolute Gasteiger partial charge is 0.393 e. The van der Waals surface area contributed by atoms with Gasteiger partial charge in [0.05, 0.1) is 37.9 Å². The first-order valence-electron chi connectivity index (χ1n) is 18.8. The van der Waals surface area contributed by atoms with Gasteiger partial charge in [-0.2, -0.15) is 0 Å². The van der Waals surface area contributed by atoms with Gasteiger partial charge in [-0.3, -0.25) is 13.8 Å². The second-order valence-corrected chi connectivity index (χ2v) is 14.1. The maximum atomic E-state index is 12.7. The third kappa shape index (κ3) is 31.7. The minimum Gasteiger partial charge on any atom is -0.393 e. The highest BCUT2D eigenvalue weighted by molar-refractivity contribution is 7.47. The molecule has 0 aromatic rings. The maximum Gasteiger partial charge on any atom is 0.472 e. The third-order valence-electron chi connectivity index (χ3n) is 7.93. The Bertz CT molecular complexity index is 909. The van der Waals surface area contributed by atoms with Crippen LogP contribution in [0.5, 0.6) is 0 Å². The molecule has 0 aliphatic carbocycles. The van der Waals surface area contributed by atoms with Crippen molar-refractivity contribution in [2.24, 2.45) is 5.73 Å². The first-order valence-corrected chi connectivity index (χ1v) is 20.3. The lowest BCUT2D eigenvalue weighted by molar-refractivity contribution is -0.124. The Morgan fingerprint density at radius 1 is 0.729 bits per heavy atom. The molecular formula is C38H71N2O7P. The Balaban J connectivity index is 4.48. The zero-order chi connectivity index (χ0) is 35.6. The van der Waals surface area contributed by atoms with Crippen molar-refractivity contribution in [2.45, 2.75) is 167 Å². The molecule has 4 unspecified atom stereocenters. The van der Waals surface area contributed by atoms with Crippen molar-refractivity contribution < 1.29 is 33.5 Å². The summed E-state index contributed by atoms with van der Waals surface area (Å²) < 4.78 is 21.9. The van der Waals surface area contributed by atoms with Gasteiger partial charge in [-0.1, -0.05) is 127 Å². The van der Waals surface area contributed by atoms with Crippen molar-refractivity contribution in [3.63, 3.8) is 0 Å². The molecular weight excluding hydrogens is 627 g/mol. The lowest BCUT2D eigenvalue weighted by atomic mass is 10.0. The van der Waals surface area contributed by atoms with Gasteiger partial charge < -0.3 is 26.2 Å². The number of phosphoric acid groups is 1. The van der Waals surface area contributed by atoms with E-state index in [1.807, 2.05) is 6.08 Å². The van der Waals surface area contributed by atoms with Gasteiger partial charge in [-0.15, -0.1) is 0 Å². The summed E-state index contributed by atoms with van der Waals surface area (Å²) in [6, 6.07) is -1.00. The fraction of sp³-hybridized carbons (Fsp3) is 0.763. The van der Waals surface area contributed by atoms with Crippen molar-refractivity contribution >= 4 is 13.7 Å². The van der Waals surface area contributed by atoms with Crippen molar-refractivity contribution in [1.82, 2.24) is 5.32 Å². The minimum absolute atomic E-state index is 0.0410. The summed E-state index contributed by atoms with van der Waals surface area (Å²) in [6.45, 7) is 3.86. The minimum atomic E-state index is -4.40. The van der Waals surface area contributed by atoms with Gasteiger partial charge in [-0.25, -0.2) is 4.57 Å². The second kappa shape index (κ2) is 33.9. The average molecular weight is 699 g/mol.